The van der Waals surface area contributed by atoms with Crippen molar-refractivity contribution in [1.29, 1.82) is 0 Å². The Bertz CT molecular complexity index is 4610. The molecule has 15 rings (SSSR count). The van der Waals surface area contributed by atoms with Crippen molar-refractivity contribution in [1.82, 2.24) is 0 Å². The van der Waals surface area contributed by atoms with E-state index in [0.29, 0.717) is 0 Å². The Morgan fingerprint density at radius 3 is 1.23 bits per heavy atom. The lowest BCUT2D eigenvalue weighted by Gasteiger charge is -2.04. The SMILES string of the molecule is Cc1ccc2c(ccc3oc4c5ccccc5c(C)cc4c32)c1.Cc1ccc2cc3c(cc2c1)oc1c2ccccc2c(C)cc31.Cc1ccc2ccc3oc4c5ccccc5c(C)cc4c3c2c1. The molecule has 12 aromatic carbocycles. The lowest BCUT2D eigenvalue weighted by Crippen LogP contribution is -1.80. The van der Waals surface area contributed by atoms with Gasteiger partial charge in [0.15, 0.2) is 0 Å². The summed E-state index contributed by atoms with van der Waals surface area (Å²) in [7, 11) is 0. The molecule has 3 heteroatoms. The van der Waals surface area contributed by atoms with Gasteiger partial charge in [0.1, 0.15) is 33.5 Å². The normalized spacial score (nSPS) is 11.9. The van der Waals surface area contributed by atoms with Crippen LogP contribution in [0, 0.1) is 41.5 Å². The van der Waals surface area contributed by atoms with Crippen LogP contribution in [0.1, 0.15) is 33.4 Å². The molecular weight excluding hydrogens is 841 g/mol. The first-order chi connectivity index (χ1) is 33.6. The minimum atomic E-state index is 0.965. The summed E-state index contributed by atoms with van der Waals surface area (Å²) in [6.07, 6.45) is 0. The second-order valence-corrected chi connectivity index (χ2v) is 19.2. The average Bonchev–Trinajstić information content (AvgIpc) is 4.05. The Morgan fingerprint density at radius 1 is 0.232 bits per heavy atom. The standard InChI is InChI=1S/3C22H16O/c1-13-7-9-17-15(11-13)8-10-20-21(17)19-12-14(2)16-5-3-4-6-18(16)22(19)23-20;1-13-7-8-15-11-19-20-10-14(2)17-5-3-4-6-18(17)22(20)23-21(19)12-16(15)9-13;1-13-7-8-15-9-10-20-21(18(15)11-13)19-12-14(2)16-5-3-4-6-17(16)22(19)23-20/h3*3-12H,1-2H3. The molecule has 0 N–H and O–H groups in total. The predicted molar refractivity (Wildman–Crippen MR) is 295 cm³/mol. The maximum atomic E-state index is 6.27. The molecule has 0 unspecified atom stereocenters. The molecule has 330 valence electrons. The minimum absolute atomic E-state index is 0.965. The third kappa shape index (κ3) is 6.56. The number of aryl methyl sites for hydroxylation is 6. The maximum Gasteiger partial charge on any atom is 0.143 e. The van der Waals surface area contributed by atoms with E-state index < -0.39 is 0 Å². The van der Waals surface area contributed by atoms with Crippen molar-refractivity contribution in [3.8, 4) is 0 Å². The van der Waals surface area contributed by atoms with Crippen molar-refractivity contribution >= 4 is 130 Å². The van der Waals surface area contributed by atoms with Gasteiger partial charge in [-0.2, -0.15) is 0 Å². The van der Waals surface area contributed by atoms with Crippen molar-refractivity contribution in [2.75, 3.05) is 0 Å². The smallest absolute Gasteiger partial charge is 0.143 e. The van der Waals surface area contributed by atoms with E-state index in [9.17, 15) is 0 Å². The third-order valence-electron chi connectivity index (χ3n) is 14.4. The van der Waals surface area contributed by atoms with E-state index >= 15 is 0 Å². The largest absolute Gasteiger partial charge is 0.455 e. The molecule has 0 radical (unpaired) electrons. The number of benzene rings is 12. The van der Waals surface area contributed by atoms with Crippen LogP contribution >= 0.6 is 0 Å². The van der Waals surface area contributed by atoms with Crippen LogP contribution in [0.5, 0.6) is 0 Å². The van der Waals surface area contributed by atoms with Gasteiger partial charge < -0.3 is 13.3 Å². The fraction of sp³-hybridized carbons (Fsp3) is 0.0909. The highest BCUT2D eigenvalue weighted by Gasteiger charge is 2.17. The molecule has 3 heterocycles. The lowest BCUT2D eigenvalue weighted by molar-refractivity contribution is 0.672. The zero-order chi connectivity index (χ0) is 46.7. The van der Waals surface area contributed by atoms with Crippen LogP contribution in [0.4, 0.5) is 0 Å². The molecule has 69 heavy (non-hydrogen) atoms. The molecule has 3 nitrogen and oxygen atoms in total. The fourth-order valence-corrected chi connectivity index (χ4v) is 11.1. The first kappa shape index (κ1) is 40.8. The molecule has 0 saturated heterocycles. The van der Waals surface area contributed by atoms with Crippen molar-refractivity contribution < 1.29 is 13.3 Å². The van der Waals surface area contributed by atoms with Gasteiger partial charge in [-0.3, -0.25) is 0 Å². The van der Waals surface area contributed by atoms with E-state index in [-0.39, 0.29) is 0 Å². The lowest BCUT2D eigenvalue weighted by atomic mass is 9.98. The van der Waals surface area contributed by atoms with Gasteiger partial charge in [0.25, 0.3) is 0 Å². The van der Waals surface area contributed by atoms with Crippen LogP contribution < -0.4 is 0 Å². The van der Waals surface area contributed by atoms with Crippen molar-refractivity contribution in [3.63, 3.8) is 0 Å². The van der Waals surface area contributed by atoms with E-state index in [0.717, 1.165) is 33.5 Å². The van der Waals surface area contributed by atoms with E-state index in [1.165, 1.54) is 130 Å². The highest BCUT2D eigenvalue weighted by atomic mass is 16.3. The van der Waals surface area contributed by atoms with Crippen molar-refractivity contribution in [2.45, 2.75) is 41.5 Å². The summed E-state index contributed by atoms with van der Waals surface area (Å²) < 4.78 is 18.8. The number of furan rings is 3. The molecule has 0 bridgehead atoms. The first-order valence-corrected chi connectivity index (χ1v) is 23.9. The molecule has 0 saturated carbocycles. The molecule has 0 spiro atoms. The molecule has 0 aliphatic heterocycles. The molecule has 0 aliphatic carbocycles. The minimum Gasteiger partial charge on any atom is -0.455 e. The molecule has 0 amide bonds. The molecule has 0 fully saturated rings. The Hall–Kier alpha value is -8.40. The fourth-order valence-electron chi connectivity index (χ4n) is 11.1. The highest BCUT2D eigenvalue weighted by molar-refractivity contribution is 6.25. The summed E-state index contributed by atoms with van der Waals surface area (Å²) in [5.74, 6) is 0. The van der Waals surface area contributed by atoms with Crippen molar-refractivity contribution in [2.24, 2.45) is 0 Å². The average molecular weight is 889 g/mol. The highest BCUT2D eigenvalue weighted by Crippen LogP contribution is 2.42. The Kier molecular flexibility index (Phi) is 9.22. The summed E-state index contributed by atoms with van der Waals surface area (Å²) in [6.45, 7) is 12.9. The summed E-state index contributed by atoms with van der Waals surface area (Å²) in [6, 6.07) is 65.0. The maximum absolute atomic E-state index is 6.27. The Morgan fingerprint density at radius 2 is 0.652 bits per heavy atom. The zero-order valence-corrected chi connectivity index (χ0v) is 39.5. The third-order valence-corrected chi connectivity index (χ3v) is 14.4. The van der Waals surface area contributed by atoms with E-state index in [1.54, 1.807) is 0 Å². The topological polar surface area (TPSA) is 39.4 Å². The van der Waals surface area contributed by atoms with Gasteiger partial charge in [-0.15, -0.1) is 0 Å². The van der Waals surface area contributed by atoms with Crippen molar-refractivity contribution in [3.05, 3.63) is 215 Å². The molecule has 0 aliphatic rings. The van der Waals surface area contributed by atoms with E-state index in [2.05, 4.69) is 224 Å². The van der Waals surface area contributed by atoms with Crippen LogP contribution in [-0.4, -0.2) is 0 Å². The van der Waals surface area contributed by atoms with Gasteiger partial charge in [-0.25, -0.2) is 0 Å². The number of rotatable bonds is 0. The molecule has 15 aromatic rings. The molecular formula is C66H48O3. The summed E-state index contributed by atoms with van der Waals surface area (Å²) in [5, 5.41) is 22.2. The predicted octanol–water partition coefficient (Wildman–Crippen LogP) is 19.5. The van der Waals surface area contributed by atoms with E-state index in [4.69, 9.17) is 13.3 Å². The van der Waals surface area contributed by atoms with Gasteiger partial charge in [0.2, 0.25) is 0 Å². The van der Waals surface area contributed by atoms with Gasteiger partial charge in [0, 0.05) is 48.5 Å². The Labute approximate surface area is 398 Å². The van der Waals surface area contributed by atoms with Gasteiger partial charge in [0.05, 0.1) is 0 Å². The van der Waals surface area contributed by atoms with Crippen LogP contribution in [0.3, 0.4) is 0 Å². The number of hydrogen-bond donors (Lipinski definition) is 0. The monoisotopic (exact) mass is 888 g/mol. The van der Waals surface area contributed by atoms with Crippen LogP contribution in [0.15, 0.2) is 195 Å². The second-order valence-electron chi connectivity index (χ2n) is 19.2. The quantitative estimate of drug-likeness (QED) is 0.152. The summed E-state index contributed by atoms with van der Waals surface area (Å²) >= 11 is 0. The van der Waals surface area contributed by atoms with Gasteiger partial charge in [-0.05, 0) is 149 Å². The summed E-state index contributed by atoms with van der Waals surface area (Å²) in [4.78, 5) is 0. The van der Waals surface area contributed by atoms with Crippen LogP contribution in [0.25, 0.3) is 130 Å². The Balaban J connectivity index is 0.000000102. The number of hydrogen-bond acceptors (Lipinski definition) is 3. The zero-order valence-electron chi connectivity index (χ0n) is 39.5. The van der Waals surface area contributed by atoms with E-state index in [1.807, 2.05) is 0 Å². The van der Waals surface area contributed by atoms with Gasteiger partial charge >= 0.3 is 0 Å². The second kappa shape index (κ2) is 15.6. The molecule has 3 aromatic heterocycles. The van der Waals surface area contributed by atoms with Gasteiger partial charge in [-0.1, -0.05) is 156 Å². The van der Waals surface area contributed by atoms with Crippen LogP contribution in [-0.2, 0) is 0 Å². The summed E-state index contributed by atoms with van der Waals surface area (Å²) in [5.41, 5.74) is 13.6. The first-order valence-electron chi connectivity index (χ1n) is 23.9. The number of fused-ring (bicyclic) bond motifs is 20. The van der Waals surface area contributed by atoms with Crippen LogP contribution in [0.2, 0.25) is 0 Å². The molecule has 0 atom stereocenters.